The van der Waals surface area contributed by atoms with Crippen LogP contribution in [0.4, 0.5) is 8.78 Å². The van der Waals surface area contributed by atoms with Crippen molar-refractivity contribution in [1.82, 2.24) is 19.8 Å². The number of phenolic OH excluding ortho intramolecular Hbond substituents is 1. The first-order valence-electron chi connectivity index (χ1n) is 37.1. The van der Waals surface area contributed by atoms with Crippen LogP contribution in [0.2, 0.25) is 33.2 Å². The highest BCUT2D eigenvalue weighted by molar-refractivity contribution is 7.55. The summed E-state index contributed by atoms with van der Waals surface area (Å²) in [6.07, 6.45) is 4.83. The minimum Gasteiger partial charge on any atom is -0.541 e. The Morgan fingerprint density at radius 3 is 1.23 bits per heavy atom. The molecule has 1 fully saturated rings. The second-order valence-electron chi connectivity index (χ2n) is 27.6. The molecular formula is C76H110BF2N4O21P3Si2. The number of imide groups is 2. The number of nitrogens with zero attached hydrogens (tertiary/aromatic N) is 4. The number of aliphatic hydroxyl groups excluding tert-OH is 1. The Hall–Kier alpha value is -6.62. The fourth-order valence-electron chi connectivity index (χ4n) is 14.1. The summed E-state index contributed by atoms with van der Waals surface area (Å²) < 4.78 is 118. The van der Waals surface area contributed by atoms with Crippen molar-refractivity contribution in [2.75, 3.05) is 77.9 Å². The number of aliphatic hydroxyl groups is 1. The number of aromatic nitrogens is 2. The molecule has 1 atom stereocenters. The number of aliphatic carboxylic acids is 1. The Labute approximate surface area is 643 Å². The molecule has 1 saturated heterocycles. The third kappa shape index (κ3) is 23.1. The third-order valence-corrected chi connectivity index (χ3v) is 36.5. The summed E-state index contributed by atoms with van der Waals surface area (Å²) in [6.45, 7) is 37.8. The molecule has 3 aliphatic rings. The lowest BCUT2D eigenvalue weighted by atomic mass is 9.98. The van der Waals surface area contributed by atoms with Gasteiger partial charge in [0.1, 0.15) is 59.7 Å². The van der Waals surface area contributed by atoms with E-state index in [-0.39, 0.29) is 150 Å². The fraction of sp³-hybridized carbons (Fsp3) is 0.539. The van der Waals surface area contributed by atoms with Gasteiger partial charge in [0, 0.05) is 35.8 Å². The highest BCUT2D eigenvalue weighted by Crippen LogP contribution is 2.54. The van der Waals surface area contributed by atoms with Crippen LogP contribution in [-0.2, 0) is 63.5 Å². The largest absolute Gasteiger partial charge is 0.541 e. The van der Waals surface area contributed by atoms with Crippen molar-refractivity contribution in [3.63, 3.8) is 0 Å². The number of phenols is 1. The summed E-state index contributed by atoms with van der Waals surface area (Å²) in [7, 11) is -9.67. The smallest absolute Gasteiger partial charge is 0.341 e. The molecule has 2 aromatic heterocycles. The van der Waals surface area contributed by atoms with Gasteiger partial charge in [-0.1, -0.05) is 107 Å². The number of pyridine rings is 2. The minimum absolute atomic E-state index is 0.0452. The number of carboxylic acids is 1. The normalized spacial score (nSPS) is 14.6. The van der Waals surface area contributed by atoms with Crippen molar-refractivity contribution in [2.24, 2.45) is 0 Å². The lowest BCUT2D eigenvalue weighted by Crippen LogP contribution is -2.51. The number of hydrogen-bond acceptors (Lipinski definition) is 22. The SMILES string of the molecule is CC(C)[Si](Oc1c2c(c(O)c3cccnc13)C(=O)N(Cc1ccc(F)cc1)C2=O)(C(C)C)C(C)C.CCOP(=O)(CC(=O)O)OCC.CCOP(=O)(CCO)OCC.CCOP(=O)(CCOc1c2c(c(O[Si](C(C)C)(C(C)C)C(C)C)c3ncccc13)C(=O)N(Cc1ccc(F)cc1)C2=O)OCC.[B]C1CCCO1. The quantitative estimate of drug-likeness (QED) is 0.0192. The molecule has 6 aromatic rings. The first-order valence-corrected chi connectivity index (χ1v) is 46.5. The van der Waals surface area contributed by atoms with E-state index in [4.69, 9.17) is 63.5 Å². The molecular weight excluding hydrogens is 1500 g/mol. The van der Waals surface area contributed by atoms with Gasteiger partial charge in [0.2, 0.25) is 0 Å². The van der Waals surface area contributed by atoms with Crippen molar-refractivity contribution in [1.29, 1.82) is 0 Å². The zero-order valence-electron chi connectivity index (χ0n) is 66.1. The van der Waals surface area contributed by atoms with E-state index in [1.54, 1.807) is 90.3 Å². The predicted octanol–water partition coefficient (Wildman–Crippen LogP) is 17.7. The van der Waals surface area contributed by atoms with Crippen molar-refractivity contribution in [3.8, 4) is 23.0 Å². The van der Waals surface area contributed by atoms with Crippen molar-refractivity contribution < 1.29 is 107 Å². The molecule has 2 radical (unpaired) electrons. The molecule has 0 spiro atoms. The second-order valence-corrected chi connectivity index (χ2v) is 44.8. The average Bonchev–Trinajstić information content (AvgIpc) is 1.62. The molecule has 3 N–H and O–H groups in total. The molecule has 3 aliphatic heterocycles. The van der Waals surface area contributed by atoms with Gasteiger partial charge in [0.25, 0.3) is 40.3 Å². The van der Waals surface area contributed by atoms with Crippen LogP contribution >= 0.6 is 22.8 Å². The van der Waals surface area contributed by atoms with Gasteiger partial charge in [-0.2, -0.15) is 0 Å². The topological polar surface area (TPSA) is 322 Å². The first kappa shape index (κ1) is 93.0. The lowest BCUT2D eigenvalue weighted by Gasteiger charge is -2.42. The van der Waals surface area contributed by atoms with Crippen LogP contribution in [0.15, 0.2) is 85.2 Å². The molecule has 0 aliphatic carbocycles. The van der Waals surface area contributed by atoms with Crippen LogP contribution < -0.4 is 13.6 Å². The summed E-state index contributed by atoms with van der Waals surface area (Å²) in [5.74, 6) is -3.82. The third-order valence-electron chi connectivity index (χ3n) is 18.5. The average molecular weight is 1610 g/mol. The van der Waals surface area contributed by atoms with E-state index in [1.807, 2.05) is 0 Å². The molecule has 1 unspecified atom stereocenters. The maximum atomic E-state index is 14.3. The van der Waals surface area contributed by atoms with E-state index in [0.717, 1.165) is 29.2 Å². The molecule has 5 heterocycles. The van der Waals surface area contributed by atoms with Gasteiger partial charge in [-0.25, -0.2) is 8.78 Å². The number of halogens is 2. The van der Waals surface area contributed by atoms with E-state index in [1.165, 1.54) is 36.4 Å². The molecule has 4 amide bonds. The number of rotatable bonds is 34. The minimum atomic E-state index is -3.45. The summed E-state index contributed by atoms with van der Waals surface area (Å²) in [4.78, 5) is 77.3. The Kier molecular flexibility index (Phi) is 36.1. The van der Waals surface area contributed by atoms with Gasteiger partial charge in [0.15, 0.2) is 0 Å². The monoisotopic (exact) mass is 1610 g/mol. The number of carbonyl (C=O) groups is 5. The van der Waals surface area contributed by atoms with Crippen LogP contribution in [0.5, 0.6) is 23.0 Å². The van der Waals surface area contributed by atoms with Crippen molar-refractivity contribution in [3.05, 3.63) is 130 Å². The van der Waals surface area contributed by atoms with Gasteiger partial charge in [-0.3, -0.25) is 57.4 Å². The molecule has 33 heteroatoms. The molecule has 4 aromatic carbocycles. The number of hydrogen-bond donors (Lipinski definition) is 3. The van der Waals surface area contributed by atoms with E-state index >= 15 is 0 Å². The highest BCUT2D eigenvalue weighted by Gasteiger charge is 2.53. The standard InChI is InChI=1S/C33H44FN2O7PSi.C27H31FN2O4Si.C6H13O5P.C6H15O4P.C4H7BO/c1-9-41-44(39,42-10-2)19-18-40-30-26-12-11-17-35-29(26)31(43-45(21(3)4,22(5)6)23(7)8)28-27(30)32(37)36(33(28)38)20-24-13-15-25(34)16-14-24;1-15(2)35(16(3)4,17(5)6)34-25-22-21(24(31)20-8-7-13-29-23(20)25)26(32)30(27(22)33)14-18-9-11-19(28)12-10-18;1-3-10-12(9,11-4-2)5-6(7)8;1-3-9-11(8,6-5-7)10-4-2;5-4-2-1-3-6-4/h11-17,21-23H,9-10,18-20H2,1-8H3;7-13,15-17,31H,14H2,1-6H3;3-5H2,1-2H3,(H,7,8);7H,3-6H2,1-2H3;4H,1-3H2. The number of carboxylic acid groups (broad SMARTS) is 1. The second kappa shape index (κ2) is 42.3. The van der Waals surface area contributed by atoms with Gasteiger partial charge < -0.3 is 60.8 Å². The lowest BCUT2D eigenvalue weighted by molar-refractivity contribution is -0.134. The Balaban J connectivity index is 0.000000290. The molecule has 9 rings (SSSR count). The molecule has 0 bridgehead atoms. The summed E-state index contributed by atoms with van der Waals surface area (Å²) in [5.41, 5.74) is 3.30. The number of amides is 4. The number of aromatic hydroxyl groups is 1. The zero-order chi connectivity index (χ0) is 81.5. The van der Waals surface area contributed by atoms with Crippen LogP contribution in [0.1, 0.15) is 190 Å². The van der Waals surface area contributed by atoms with Gasteiger partial charge in [-0.15, -0.1) is 0 Å². The zero-order valence-corrected chi connectivity index (χ0v) is 70.8. The summed E-state index contributed by atoms with van der Waals surface area (Å²) in [6, 6.07) is 18.2. The Bertz CT molecular complexity index is 4110. The fourth-order valence-corrected chi connectivity index (χ4v) is 28.8. The van der Waals surface area contributed by atoms with Crippen LogP contribution in [0, 0.1) is 11.6 Å². The molecule has 109 heavy (non-hydrogen) atoms. The van der Waals surface area contributed by atoms with E-state index in [0.29, 0.717) is 46.1 Å². The first-order chi connectivity index (χ1) is 51.4. The van der Waals surface area contributed by atoms with Gasteiger partial charge >= 0.3 is 28.8 Å². The Morgan fingerprint density at radius 2 is 0.890 bits per heavy atom. The number of carbonyl (C=O) groups excluding carboxylic acids is 4. The predicted molar refractivity (Wildman–Crippen MR) is 422 cm³/mol. The summed E-state index contributed by atoms with van der Waals surface area (Å²) >= 11 is 0. The van der Waals surface area contributed by atoms with Gasteiger partial charge in [-0.05, 0) is 147 Å². The van der Waals surface area contributed by atoms with Crippen LogP contribution in [0.3, 0.4) is 0 Å². The Morgan fingerprint density at radius 1 is 0.541 bits per heavy atom. The molecule has 600 valence electrons. The maximum absolute atomic E-state index is 14.3. The maximum Gasteiger partial charge on any atom is 0.341 e. The van der Waals surface area contributed by atoms with E-state index in [2.05, 4.69) is 93.1 Å². The van der Waals surface area contributed by atoms with Crippen LogP contribution in [-0.4, -0.2) is 173 Å². The van der Waals surface area contributed by atoms with E-state index in [9.17, 15) is 51.6 Å². The van der Waals surface area contributed by atoms with Crippen molar-refractivity contribution in [2.45, 2.75) is 190 Å². The number of benzene rings is 4. The van der Waals surface area contributed by atoms with E-state index < -0.39 is 86.8 Å². The van der Waals surface area contributed by atoms with Gasteiger partial charge in [0.05, 0.1) is 101 Å². The van der Waals surface area contributed by atoms with Crippen LogP contribution in [0.25, 0.3) is 21.8 Å². The highest BCUT2D eigenvalue weighted by atomic mass is 31.2. The summed E-state index contributed by atoms with van der Waals surface area (Å²) in [5, 5.41) is 28.9. The van der Waals surface area contributed by atoms with Crippen molar-refractivity contribution >= 4 is 98.7 Å². The molecule has 25 nitrogen and oxygen atoms in total. The number of ether oxygens (including phenoxy) is 2. The number of fused-ring (bicyclic) bond motifs is 4. The molecule has 0 saturated carbocycles.